The number of guanidine groups is 1. The number of nitrogens with two attached hydrogens (primary N) is 1. The van der Waals surface area contributed by atoms with Gasteiger partial charge in [-0.3, -0.25) is 14.5 Å². The second kappa shape index (κ2) is 14.6. The minimum Gasteiger partial charge on any atom is -0.487 e. The molecule has 3 aliphatic rings. The van der Waals surface area contributed by atoms with E-state index in [0.29, 0.717) is 30.7 Å². The number of terminal acetylenes is 1. The highest BCUT2D eigenvalue weighted by molar-refractivity contribution is 5.99. The van der Waals surface area contributed by atoms with Crippen molar-refractivity contribution in [1.29, 1.82) is 0 Å². The van der Waals surface area contributed by atoms with Crippen LogP contribution in [-0.2, 0) is 20.5 Å². The summed E-state index contributed by atoms with van der Waals surface area (Å²) in [5.74, 6) is -0.285. The van der Waals surface area contributed by atoms with Gasteiger partial charge in [0.05, 0.1) is 23.6 Å². The van der Waals surface area contributed by atoms with Gasteiger partial charge in [0, 0.05) is 38.2 Å². The van der Waals surface area contributed by atoms with Crippen molar-refractivity contribution in [3.63, 3.8) is 0 Å². The zero-order valence-electron chi connectivity index (χ0n) is 25.4. The van der Waals surface area contributed by atoms with E-state index >= 15 is 0 Å². The molecule has 1 aromatic rings. The van der Waals surface area contributed by atoms with Crippen molar-refractivity contribution in [1.82, 2.24) is 10.2 Å². The van der Waals surface area contributed by atoms with Crippen LogP contribution in [-0.4, -0.2) is 54.1 Å². The average molecular weight is 583 g/mol. The zero-order chi connectivity index (χ0) is 31.8. The Balaban J connectivity index is 0.000000950. The van der Waals surface area contributed by atoms with Crippen molar-refractivity contribution in [2.24, 2.45) is 22.6 Å². The average Bonchev–Trinajstić information content (AvgIpc) is 3.66. The molecule has 0 aromatic heterocycles. The molecule has 0 bridgehead atoms. The maximum absolute atomic E-state index is 13.2. The number of benzene rings is 1. The molecule has 2 aliphatic heterocycles. The lowest BCUT2D eigenvalue weighted by atomic mass is 9.88. The van der Waals surface area contributed by atoms with Crippen molar-refractivity contribution in [3.8, 4) is 18.6 Å². The van der Waals surface area contributed by atoms with E-state index in [-0.39, 0.29) is 36.0 Å². The first-order valence-corrected chi connectivity index (χ1v) is 13.8. The summed E-state index contributed by atoms with van der Waals surface area (Å²) in [6, 6.07) is 2.73. The largest absolute Gasteiger partial charge is 0.487 e. The molecule has 1 saturated carbocycles. The molecule has 3 N–H and O–H groups in total. The number of nitrogens with zero attached hydrogens (tertiary/aromatic N) is 2. The molecular formula is C30H45F3N4O4. The summed E-state index contributed by atoms with van der Waals surface area (Å²) < 4.78 is 50.1. The molecule has 8 nitrogen and oxygen atoms in total. The maximum Gasteiger partial charge on any atom is 0.416 e. The number of rotatable bonds is 5. The third-order valence-corrected chi connectivity index (χ3v) is 6.65. The van der Waals surface area contributed by atoms with Gasteiger partial charge in [0.15, 0.2) is 5.96 Å². The van der Waals surface area contributed by atoms with Crippen LogP contribution in [0.3, 0.4) is 0 Å². The first-order valence-electron chi connectivity index (χ1n) is 13.8. The first-order chi connectivity index (χ1) is 19.1. The summed E-state index contributed by atoms with van der Waals surface area (Å²) in [7, 11) is 1.68. The lowest BCUT2D eigenvalue weighted by Crippen LogP contribution is -2.50. The summed E-state index contributed by atoms with van der Waals surface area (Å²) in [6.45, 7) is 14.4. The van der Waals surface area contributed by atoms with E-state index in [2.05, 4.69) is 27.9 Å². The molecule has 1 unspecified atom stereocenters. The van der Waals surface area contributed by atoms with Crippen molar-refractivity contribution < 1.29 is 32.2 Å². The Bertz CT molecular complexity index is 1100. The zero-order valence-corrected chi connectivity index (χ0v) is 25.4. The number of hydrogen-bond donors (Lipinski definition) is 2. The molecule has 0 saturated heterocycles. The lowest BCUT2D eigenvalue weighted by Gasteiger charge is -2.38. The quantitative estimate of drug-likeness (QED) is 0.458. The van der Waals surface area contributed by atoms with Gasteiger partial charge in [0.1, 0.15) is 11.4 Å². The smallest absolute Gasteiger partial charge is 0.416 e. The van der Waals surface area contributed by atoms with E-state index in [1.54, 1.807) is 7.11 Å². The van der Waals surface area contributed by atoms with Gasteiger partial charge in [-0.15, -0.1) is 12.8 Å². The van der Waals surface area contributed by atoms with Gasteiger partial charge < -0.3 is 20.5 Å². The number of halogens is 3. The van der Waals surface area contributed by atoms with Crippen LogP contribution in [0.2, 0.25) is 0 Å². The summed E-state index contributed by atoms with van der Waals surface area (Å²) in [6.07, 6.45) is 4.67. The topological polar surface area (TPSA) is 106 Å². The molecule has 4 rings (SSSR count). The highest BCUT2D eigenvalue weighted by atomic mass is 19.4. The van der Waals surface area contributed by atoms with Crippen LogP contribution >= 0.6 is 0 Å². The third kappa shape index (κ3) is 9.95. The van der Waals surface area contributed by atoms with Gasteiger partial charge >= 0.3 is 6.18 Å². The standard InChI is InChI=1S/C23H29F3N4O3.C3H8O.C2H6.C2H2/c1-21(2)10-18(31)30(20(27)29-21)11-12-7-14(12)19(32)28-16-9-22(3,4)33-17-6-5-13(8-15(16)17)23(24,25)26;1-3-4-2;2*1-2/h5-6,8,12,14,16H,7,9-11H2,1-4H3,(H2,27,29)(H,28,32);3H2,1-2H3;1-2H3;1-2H/t12-,14?,16+;;;/m1.../s1. The molecule has 41 heavy (non-hydrogen) atoms. The number of amides is 2. The molecule has 3 atom stereocenters. The molecule has 1 aromatic carbocycles. The van der Waals surface area contributed by atoms with Crippen molar-refractivity contribution in [3.05, 3.63) is 29.3 Å². The number of aliphatic imine (C=N–C) groups is 1. The van der Waals surface area contributed by atoms with E-state index in [1.807, 2.05) is 48.5 Å². The number of methoxy groups -OCH3 is 1. The molecule has 1 aliphatic carbocycles. The van der Waals surface area contributed by atoms with Crippen LogP contribution in [0, 0.1) is 24.7 Å². The van der Waals surface area contributed by atoms with Gasteiger partial charge in [-0.05, 0) is 65.2 Å². The molecular weight excluding hydrogens is 537 g/mol. The Morgan fingerprint density at radius 3 is 2.34 bits per heavy atom. The van der Waals surface area contributed by atoms with Gasteiger partial charge in [0.2, 0.25) is 11.8 Å². The monoisotopic (exact) mass is 582 g/mol. The van der Waals surface area contributed by atoms with Crippen LogP contribution in [0.25, 0.3) is 0 Å². The fraction of sp³-hybridized carbons (Fsp3) is 0.633. The number of ether oxygens (including phenoxy) is 2. The van der Waals surface area contributed by atoms with Crippen LogP contribution in [0.1, 0.15) is 84.9 Å². The molecule has 2 heterocycles. The van der Waals surface area contributed by atoms with Gasteiger partial charge in [0.25, 0.3) is 0 Å². The van der Waals surface area contributed by atoms with E-state index in [0.717, 1.165) is 18.7 Å². The predicted molar refractivity (Wildman–Crippen MR) is 154 cm³/mol. The van der Waals surface area contributed by atoms with Crippen LogP contribution < -0.4 is 15.8 Å². The number of alkyl halides is 3. The van der Waals surface area contributed by atoms with Crippen molar-refractivity contribution >= 4 is 17.8 Å². The van der Waals surface area contributed by atoms with E-state index in [9.17, 15) is 22.8 Å². The summed E-state index contributed by atoms with van der Waals surface area (Å²) in [5.41, 5.74) is 4.32. The Kier molecular flexibility index (Phi) is 12.7. The van der Waals surface area contributed by atoms with Gasteiger partial charge in [-0.25, -0.2) is 4.99 Å². The van der Waals surface area contributed by atoms with Crippen LogP contribution in [0.15, 0.2) is 23.2 Å². The number of fused-ring (bicyclic) bond motifs is 1. The summed E-state index contributed by atoms with van der Waals surface area (Å²) in [5, 5.41) is 2.92. The van der Waals surface area contributed by atoms with Gasteiger partial charge in [-0.1, -0.05) is 13.8 Å². The minimum absolute atomic E-state index is 0.0715. The molecule has 0 radical (unpaired) electrons. The summed E-state index contributed by atoms with van der Waals surface area (Å²) >= 11 is 0. The number of carbonyl (C=O) groups excluding carboxylic acids is 2. The highest BCUT2D eigenvalue weighted by Crippen LogP contribution is 2.44. The maximum atomic E-state index is 13.2. The van der Waals surface area contributed by atoms with E-state index in [1.165, 1.54) is 11.0 Å². The summed E-state index contributed by atoms with van der Waals surface area (Å²) in [4.78, 5) is 31.2. The first kappa shape index (κ1) is 35.8. The van der Waals surface area contributed by atoms with E-state index < -0.39 is 28.9 Å². The fourth-order valence-electron chi connectivity index (χ4n) is 4.64. The Morgan fingerprint density at radius 1 is 1.24 bits per heavy atom. The molecule has 230 valence electrons. The van der Waals surface area contributed by atoms with E-state index in [4.69, 9.17) is 10.5 Å². The number of nitrogens with one attached hydrogen (secondary N) is 1. The SMILES string of the molecule is C#C.CC.CC1(C)CC(=O)N(C[C@H]2CC2C(=O)N[C@H]2CC(C)(C)Oc3ccc(C(F)(F)F)cc32)C(N)=N1.CCOC. The molecule has 2 amide bonds. The number of carbonyl (C=O) groups is 2. The minimum atomic E-state index is -4.49. The molecule has 11 heteroatoms. The Morgan fingerprint density at radius 2 is 1.83 bits per heavy atom. The fourth-order valence-corrected chi connectivity index (χ4v) is 4.64. The second-order valence-corrected chi connectivity index (χ2v) is 11.0. The molecule has 0 spiro atoms. The predicted octanol–water partition coefficient (Wildman–Crippen LogP) is 5.31. The van der Waals surface area contributed by atoms with Crippen LogP contribution in [0.4, 0.5) is 13.2 Å². The Labute approximate surface area is 242 Å². The third-order valence-electron chi connectivity index (χ3n) is 6.65. The van der Waals surface area contributed by atoms with Crippen molar-refractivity contribution in [2.45, 2.75) is 91.1 Å². The lowest BCUT2D eigenvalue weighted by molar-refractivity contribution is -0.137. The highest BCUT2D eigenvalue weighted by Gasteiger charge is 2.47. The normalized spacial score (nSPS) is 23.3. The molecule has 1 fully saturated rings. The Hall–Kier alpha value is -3.26. The number of hydrogen-bond acceptors (Lipinski definition) is 6. The van der Waals surface area contributed by atoms with Crippen molar-refractivity contribution in [2.75, 3.05) is 20.3 Å². The second-order valence-electron chi connectivity index (χ2n) is 11.0. The van der Waals surface area contributed by atoms with Gasteiger partial charge in [-0.2, -0.15) is 13.2 Å². The van der Waals surface area contributed by atoms with Crippen LogP contribution in [0.5, 0.6) is 5.75 Å².